The van der Waals surface area contributed by atoms with E-state index < -0.39 is 11.7 Å². The molecule has 0 spiro atoms. The third kappa shape index (κ3) is 4.01. The first-order valence-electron chi connectivity index (χ1n) is 10.9. The molecular weight excluding hydrogens is 447 g/mol. The van der Waals surface area contributed by atoms with E-state index in [9.17, 15) is 18.0 Å². The number of hydrogen-bond donors (Lipinski definition) is 2. The maximum Gasteiger partial charge on any atom is 0.416 e. The van der Waals surface area contributed by atoms with Crippen molar-refractivity contribution >= 4 is 16.9 Å². The van der Waals surface area contributed by atoms with Gasteiger partial charge < -0.3 is 15.8 Å². The second-order valence-electron chi connectivity index (χ2n) is 8.17. The largest absolute Gasteiger partial charge is 0.457 e. The first kappa shape index (κ1) is 22.0. The smallest absolute Gasteiger partial charge is 0.416 e. The van der Waals surface area contributed by atoms with Gasteiger partial charge in [0.2, 0.25) is 0 Å². The highest BCUT2D eigenvalue weighted by atomic mass is 19.4. The third-order valence-corrected chi connectivity index (χ3v) is 5.96. The van der Waals surface area contributed by atoms with Gasteiger partial charge in [0.15, 0.2) is 0 Å². The molecule has 2 aromatic heterocycles. The number of nitrogen functional groups attached to an aromatic ring is 1. The second kappa shape index (κ2) is 8.53. The lowest BCUT2D eigenvalue weighted by molar-refractivity contribution is -0.137. The monoisotopic (exact) mass is 469 g/mol. The molecule has 10 heteroatoms. The number of alkyl halides is 3. The number of nitrogens with two attached hydrogens (primary N) is 1. The number of nitrogens with zero attached hydrogens (tertiary/aromatic N) is 3. The molecule has 3 heterocycles. The molecule has 34 heavy (non-hydrogen) atoms. The summed E-state index contributed by atoms with van der Waals surface area (Å²) in [4.78, 5) is 17.7. The van der Waals surface area contributed by atoms with Crippen molar-refractivity contribution in [2.75, 3.05) is 18.8 Å². The zero-order chi connectivity index (χ0) is 23.9. The highest BCUT2D eigenvalue weighted by Crippen LogP contribution is 2.32. The first-order valence-corrected chi connectivity index (χ1v) is 10.9. The van der Waals surface area contributed by atoms with Crippen LogP contribution in [0.2, 0.25) is 0 Å². The number of benzene rings is 2. The van der Waals surface area contributed by atoms with Gasteiger partial charge in [-0.3, -0.25) is 9.13 Å². The Hall–Kier alpha value is -3.79. The third-order valence-electron chi connectivity index (χ3n) is 5.96. The number of hydrogen-bond acceptors (Lipinski definition) is 5. The van der Waals surface area contributed by atoms with Crippen molar-refractivity contribution in [3.05, 3.63) is 76.8 Å². The topological polar surface area (TPSA) is 87.1 Å². The summed E-state index contributed by atoms with van der Waals surface area (Å²) in [6.07, 6.45) is -0.958. The van der Waals surface area contributed by atoms with Gasteiger partial charge in [0, 0.05) is 12.7 Å². The number of imidazole rings is 1. The van der Waals surface area contributed by atoms with Crippen LogP contribution in [0, 0.1) is 0 Å². The van der Waals surface area contributed by atoms with Gasteiger partial charge >= 0.3 is 11.9 Å². The van der Waals surface area contributed by atoms with Crippen LogP contribution in [0.25, 0.3) is 16.7 Å². The maximum absolute atomic E-state index is 13.5. The molecule has 7 nitrogen and oxygen atoms in total. The zero-order valence-corrected chi connectivity index (χ0v) is 18.0. The quantitative estimate of drug-likeness (QED) is 0.460. The Labute approximate surface area is 192 Å². The molecule has 1 fully saturated rings. The van der Waals surface area contributed by atoms with Crippen molar-refractivity contribution in [1.29, 1.82) is 0 Å². The average Bonchev–Trinajstić information content (AvgIpc) is 3.13. The fourth-order valence-corrected chi connectivity index (χ4v) is 4.35. The molecule has 0 aliphatic carbocycles. The summed E-state index contributed by atoms with van der Waals surface area (Å²) < 4.78 is 47.3. The number of nitrogens with one attached hydrogen (secondary N) is 1. The SMILES string of the molecule is Nc1nccc2c1n(-c1ccc(Oc3ccc(C(F)(F)F)cc3)cc1)c(=O)n2C1CCCNC1. The van der Waals surface area contributed by atoms with Crippen molar-refractivity contribution in [3.63, 3.8) is 0 Å². The number of fused-ring (bicyclic) bond motifs is 1. The van der Waals surface area contributed by atoms with Gasteiger partial charge in [-0.1, -0.05) is 0 Å². The Morgan fingerprint density at radius 3 is 2.32 bits per heavy atom. The lowest BCUT2D eigenvalue weighted by atomic mass is 10.1. The lowest BCUT2D eigenvalue weighted by Crippen LogP contribution is -2.36. The Bertz CT molecular complexity index is 1370. The predicted molar refractivity (Wildman–Crippen MR) is 122 cm³/mol. The van der Waals surface area contributed by atoms with Crippen molar-refractivity contribution in [1.82, 2.24) is 19.4 Å². The molecule has 1 unspecified atom stereocenters. The van der Waals surface area contributed by atoms with E-state index in [1.54, 1.807) is 41.1 Å². The molecule has 5 rings (SSSR count). The van der Waals surface area contributed by atoms with E-state index in [4.69, 9.17) is 10.5 Å². The van der Waals surface area contributed by atoms with Crippen molar-refractivity contribution in [2.45, 2.75) is 25.1 Å². The van der Waals surface area contributed by atoms with Crippen molar-refractivity contribution in [2.24, 2.45) is 0 Å². The molecule has 0 bridgehead atoms. The van der Waals surface area contributed by atoms with Crippen LogP contribution in [0.1, 0.15) is 24.4 Å². The summed E-state index contributed by atoms with van der Waals surface area (Å²) >= 11 is 0. The molecule has 1 aliphatic heterocycles. The second-order valence-corrected chi connectivity index (χ2v) is 8.17. The van der Waals surface area contributed by atoms with Crippen LogP contribution in [-0.2, 0) is 6.18 Å². The fraction of sp³-hybridized carbons (Fsp3) is 0.250. The minimum absolute atomic E-state index is 0.00840. The molecule has 1 saturated heterocycles. The predicted octanol–water partition coefficient (Wildman–Crippen LogP) is 4.51. The van der Waals surface area contributed by atoms with Crippen LogP contribution in [0.4, 0.5) is 19.0 Å². The van der Waals surface area contributed by atoms with E-state index in [0.717, 1.165) is 37.0 Å². The summed E-state index contributed by atoms with van der Waals surface area (Å²) in [5, 5.41) is 3.34. The highest BCUT2D eigenvalue weighted by Gasteiger charge is 2.30. The summed E-state index contributed by atoms with van der Waals surface area (Å²) in [5.74, 6) is 0.942. The highest BCUT2D eigenvalue weighted by molar-refractivity contribution is 5.87. The number of ether oxygens (including phenoxy) is 1. The Kier molecular flexibility index (Phi) is 5.52. The standard InChI is InChI=1S/C24H22F3N5O2/c25-24(26,27)15-3-7-18(8-4-15)34-19-9-5-16(6-10-19)32-21-20(11-13-30-22(21)28)31(23(32)33)17-2-1-12-29-14-17/h3-11,13,17,29H,1-2,12,14H2,(H2,28,30). The van der Waals surface area contributed by atoms with Gasteiger partial charge in [-0.2, -0.15) is 13.2 Å². The maximum atomic E-state index is 13.5. The summed E-state index contributed by atoms with van der Waals surface area (Å²) in [7, 11) is 0. The van der Waals surface area contributed by atoms with Crippen LogP contribution in [0.5, 0.6) is 11.5 Å². The number of pyridine rings is 1. The van der Waals surface area contributed by atoms with E-state index in [0.29, 0.717) is 23.5 Å². The number of rotatable bonds is 4. The Morgan fingerprint density at radius 1 is 1.03 bits per heavy atom. The molecule has 0 saturated carbocycles. The van der Waals surface area contributed by atoms with Crippen LogP contribution in [0.15, 0.2) is 65.6 Å². The fourth-order valence-electron chi connectivity index (χ4n) is 4.35. The Balaban J connectivity index is 1.49. The van der Waals surface area contributed by atoms with Gasteiger partial charge in [-0.15, -0.1) is 0 Å². The zero-order valence-electron chi connectivity index (χ0n) is 18.0. The number of piperidine rings is 1. The lowest BCUT2D eigenvalue weighted by Gasteiger charge is -2.23. The first-order chi connectivity index (χ1) is 16.3. The van der Waals surface area contributed by atoms with Gasteiger partial charge in [-0.05, 0) is 74.0 Å². The van der Waals surface area contributed by atoms with E-state index in [-0.39, 0.29) is 23.3 Å². The van der Waals surface area contributed by atoms with E-state index in [1.807, 2.05) is 0 Å². The van der Waals surface area contributed by atoms with Crippen LogP contribution < -0.4 is 21.5 Å². The number of aromatic nitrogens is 3. The Morgan fingerprint density at radius 2 is 1.71 bits per heavy atom. The van der Waals surface area contributed by atoms with Gasteiger partial charge in [-0.25, -0.2) is 9.78 Å². The molecule has 0 radical (unpaired) electrons. The van der Waals surface area contributed by atoms with Crippen LogP contribution in [-0.4, -0.2) is 27.2 Å². The van der Waals surface area contributed by atoms with Gasteiger partial charge in [0.1, 0.15) is 22.8 Å². The average molecular weight is 469 g/mol. The van der Waals surface area contributed by atoms with E-state index >= 15 is 0 Å². The molecule has 1 atom stereocenters. The number of anilines is 1. The number of halogens is 3. The van der Waals surface area contributed by atoms with Crippen LogP contribution >= 0.6 is 0 Å². The molecule has 1 aliphatic rings. The minimum Gasteiger partial charge on any atom is -0.457 e. The van der Waals surface area contributed by atoms with Gasteiger partial charge in [0.05, 0.1) is 22.8 Å². The molecule has 2 aromatic carbocycles. The molecular formula is C24H22F3N5O2. The van der Waals surface area contributed by atoms with E-state index in [2.05, 4.69) is 10.3 Å². The van der Waals surface area contributed by atoms with Crippen LogP contribution in [0.3, 0.4) is 0 Å². The molecule has 3 N–H and O–H groups in total. The molecule has 0 amide bonds. The van der Waals surface area contributed by atoms with Gasteiger partial charge in [0.25, 0.3) is 0 Å². The molecule has 4 aromatic rings. The summed E-state index contributed by atoms with van der Waals surface area (Å²) in [6, 6.07) is 13.0. The van der Waals surface area contributed by atoms with Crippen molar-refractivity contribution < 1.29 is 17.9 Å². The summed E-state index contributed by atoms with van der Waals surface area (Å²) in [5.41, 5.74) is 7.06. The summed E-state index contributed by atoms with van der Waals surface area (Å²) in [6.45, 7) is 1.62. The minimum atomic E-state index is -4.41. The normalized spacial score (nSPS) is 16.6. The molecule has 176 valence electrons. The van der Waals surface area contributed by atoms with Crippen molar-refractivity contribution in [3.8, 4) is 17.2 Å². The van der Waals surface area contributed by atoms with E-state index in [1.165, 1.54) is 16.7 Å².